The Hall–Kier alpha value is -0.800. The van der Waals surface area contributed by atoms with Crippen LogP contribution in [0.3, 0.4) is 0 Å². The first-order valence-corrected chi connectivity index (χ1v) is 3.90. The van der Waals surface area contributed by atoms with Crippen LogP contribution in [0.5, 0.6) is 5.75 Å². The fourth-order valence-electron chi connectivity index (χ4n) is 0.815. The van der Waals surface area contributed by atoms with Gasteiger partial charge in [0.15, 0.2) is 10.9 Å². The summed E-state index contributed by atoms with van der Waals surface area (Å²) in [5.41, 5.74) is 0.691. The van der Waals surface area contributed by atoms with E-state index in [0.29, 0.717) is 16.5 Å². The molecule has 0 spiro atoms. The molecule has 0 aliphatic carbocycles. The first-order valence-electron chi connectivity index (χ1n) is 3.52. The average molecular weight is 188 g/mol. The average Bonchev–Trinajstić information content (AvgIpc) is 2.05. The normalized spacial score (nSPS) is 12.7. The van der Waals surface area contributed by atoms with Crippen molar-refractivity contribution in [3.8, 4) is 5.75 Å². The number of aliphatic hydroxyl groups excluding tert-OH is 1. The Morgan fingerprint density at radius 3 is 2.83 bits per heavy atom. The Morgan fingerprint density at radius 1 is 1.67 bits per heavy atom. The van der Waals surface area contributed by atoms with E-state index in [1.54, 1.807) is 13.0 Å². The molecule has 0 amide bonds. The van der Waals surface area contributed by atoms with E-state index < -0.39 is 6.10 Å². The first kappa shape index (κ1) is 9.29. The minimum absolute atomic E-state index is 0.307. The predicted molar refractivity (Wildman–Crippen MR) is 46.4 cm³/mol. The molecule has 1 unspecified atom stereocenters. The molecule has 12 heavy (non-hydrogen) atoms. The van der Waals surface area contributed by atoms with Crippen LogP contribution in [0.2, 0.25) is 5.15 Å². The van der Waals surface area contributed by atoms with E-state index in [1.165, 1.54) is 13.3 Å². The molecule has 4 heteroatoms. The Morgan fingerprint density at radius 2 is 2.33 bits per heavy atom. The molecular formula is C8H10ClNO2. The van der Waals surface area contributed by atoms with Crippen molar-refractivity contribution in [2.75, 3.05) is 7.11 Å². The van der Waals surface area contributed by atoms with Gasteiger partial charge in [-0.05, 0) is 13.0 Å². The lowest BCUT2D eigenvalue weighted by atomic mass is 10.2. The molecule has 0 fully saturated rings. The van der Waals surface area contributed by atoms with Crippen molar-refractivity contribution in [1.29, 1.82) is 0 Å². The highest BCUT2D eigenvalue weighted by Crippen LogP contribution is 2.24. The predicted octanol–water partition coefficient (Wildman–Crippen LogP) is 1.80. The SMILES string of the molecule is COc1cc(C(C)O)cnc1Cl. The number of pyridine rings is 1. The van der Waals surface area contributed by atoms with Crippen LogP contribution in [0, 0.1) is 0 Å². The van der Waals surface area contributed by atoms with Crippen molar-refractivity contribution in [2.24, 2.45) is 0 Å². The molecule has 0 saturated carbocycles. The molecule has 0 aromatic carbocycles. The first-order chi connectivity index (χ1) is 5.65. The van der Waals surface area contributed by atoms with Gasteiger partial charge >= 0.3 is 0 Å². The van der Waals surface area contributed by atoms with Crippen LogP contribution in [0.4, 0.5) is 0 Å². The van der Waals surface area contributed by atoms with Crippen molar-refractivity contribution < 1.29 is 9.84 Å². The summed E-state index contributed by atoms with van der Waals surface area (Å²) in [4.78, 5) is 3.85. The number of aliphatic hydroxyl groups is 1. The standard InChI is InChI=1S/C8H10ClNO2/c1-5(11)6-3-7(12-2)8(9)10-4-6/h3-5,11H,1-2H3. The molecule has 1 heterocycles. The van der Waals surface area contributed by atoms with Crippen molar-refractivity contribution in [3.63, 3.8) is 0 Å². The maximum atomic E-state index is 9.20. The minimum atomic E-state index is -0.552. The highest BCUT2D eigenvalue weighted by Gasteiger charge is 2.06. The number of rotatable bonds is 2. The van der Waals surface area contributed by atoms with Gasteiger partial charge in [-0.1, -0.05) is 11.6 Å². The Bertz CT molecular complexity index is 276. The van der Waals surface area contributed by atoms with Crippen LogP contribution >= 0.6 is 11.6 Å². The third-order valence-corrected chi connectivity index (χ3v) is 1.81. The van der Waals surface area contributed by atoms with Crippen LogP contribution in [0.25, 0.3) is 0 Å². The molecule has 0 bridgehead atoms. The number of aromatic nitrogens is 1. The maximum absolute atomic E-state index is 9.20. The zero-order valence-corrected chi connectivity index (χ0v) is 7.67. The fraction of sp³-hybridized carbons (Fsp3) is 0.375. The van der Waals surface area contributed by atoms with E-state index in [2.05, 4.69) is 4.98 Å². The van der Waals surface area contributed by atoms with Crippen LogP contribution in [0.15, 0.2) is 12.3 Å². The summed E-state index contributed by atoms with van der Waals surface area (Å²) in [5, 5.41) is 9.50. The molecule has 1 N–H and O–H groups in total. The van der Waals surface area contributed by atoms with E-state index in [-0.39, 0.29) is 0 Å². The lowest BCUT2D eigenvalue weighted by Gasteiger charge is -2.06. The highest BCUT2D eigenvalue weighted by atomic mass is 35.5. The Kier molecular flexibility index (Phi) is 2.89. The molecule has 0 radical (unpaired) electrons. The number of nitrogens with zero attached hydrogens (tertiary/aromatic N) is 1. The number of ether oxygens (including phenoxy) is 1. The lowest BCUT2D eigenvalue weighted by Crippen LogP contribution is -1.94. The second kappa shape index (κ2) is 3.74. The fourth-order valence-corrected chi connectivity index (χ4v) is 0.995. The molecule has 1 aromatic rings. The zero-order valence-electron chi connectivity index (χ0n) is 6.91. The van der Waals surface area contributed by atoms with Gasteiger partial charge in [0.1, 0.15) is 0 Å². The third kappa shape index (κ3) is 1.87. The van der Waals surface area contributed by atoms with Gasteiger partial charge in [-0.2, -0.15) is 0 Å². The van der Waals surface area contributed by atoms with Crippen LogP contribution in [-0.4, -0.2) is 17.2 Å². The molecule has 1 atom stereocenters. The molecule has 0 aliphatic rings. The molecule has 0 saturated heterocycles. The largest absolute Gasteiger partial charge is 0.494 e. The van der Waals surface area contributed by atoms with Gasteiger partial charge in [0.2, 0.25) is 0 Å². The third-order valence-electron chi connectivity index (χ3n) is 1.53. The molecule has 66 valence electrons. The maximum Gasteiger partial charge on any atom is 0.171 e. The van der Waals surface area contributed by atoms with Gasteiger partial charge in [-0.25, -0.2) is 4.98 Å². The van der Waals surface area contributed by atoms with Gasteiger partial charge in [0.05, 0.1) is 13.2 Å². The van der Waals surface area contributed by atoms with Crippen molar-refractivity contribution >= 4 is 11.6 Å². The van der Waals surface area contributed by atoms with Crippen LogP contribution < -0.4 is 4.74 Å². The summed E-state index contributed by atoms with van der Waals surface area (Å²) in [6, 6.07) is 1.67. The number of hydrogen-bond donors (Lipinski definition) is 1. The quantitative estimate of drug-likeness (QED) is 0.718. The Balaban J connectivity index is 3.05. The Labute approximate surface area is 76.0 Å². The van der Waals surface area contributed by atoms with Crippen molar-refractivity contribution in [2.45, 2.75) is 13.0 Å². The van der Waals surface area contributed by atoms with Crippen LogP contribution in [0.1, 0.15) is 18.6 Å². The van der Waals surface area contributed by atoms with Crippen LogP contribution in [-0.2, 0) is 0 Å². The summed E-state index contributed by atoms with van der Waals surface area (Å²) in [6.45, 7) is 1.66. The van der Waals surface area contributed by atoms with E-state index in [0.717, 1.165) is 0 Å². The lowest BCUT2D eigenvalue weighted by molar-refractivity contribution is 0.198. The number of methoxy groups -OCH3 is 1. The molecule has 1 rings (SSSR count). The summed E-state index contributed by atoms with van der Waals surface area (Å²) < 4.78 is 4.93. The highest BCUT2D eigenvalue weighted by molar-refractivity contribution is 6.30. The minimum Gasteiger partial charge on any atom is -0.494 e. The summed E-state index contributed by atoms with van der Waals surface area (Å²) in [5.74, 6) is 0.482. The molecule has 3 nitrogen and oxygen atoms in total. The topological polar surface area (TPSA) is 42.4 Å². The monoisotopic (exact) mass is 187 g/mol. The van der Waals surface area contributed by atoms with E-state index in [4.69, 9.17) is 16.3 Å². The number of halogens is 1. The smallest absolute Gasteiger partial charge is 0.171 e. The zero-order chi connectivity index (χ0) is 9.14. The summed E-state index contributed by atoms with van der Waals surface area (Å²) in [6.07, 6.45) is 0.971. The number of hydrogen-bond acceptors (Lipinski definition) is 3. The van der Waals surface area contributed by atoms with E-state index in [1.807, 2.05) is 0 Å². The molecule has 0 aliphatic heterocycles. The van der Waals surface area contributed by atoms with Crippen molar-refractivity contribution in [1.82, 2.24) is 4.98 Å². The summed E-state index contributed by atoms with van der Waals surface area (Å²) >= 11 is 5.68. The molecular weight excluding hydrogens is 178 g/mol. The van der Waals surface area contributed by atoms with Gasteiger partial charge in [0.25, 0.3) is 0 Å². The van der Waals surface area contributed by atoms with Crippen molar-refractivity contribution in [3.05, 3.63) is 23.0 Å². The van der Waals surface area contributed by atoms with Gasteiger partial charge in [0, 0.05) is 11.8 Å². The van der Waals surface area contributed by atoms with Gasteiger partial charge in [-0.15, -0.1) is 0 Å². The second-order valence-electron chi connectivity index (χ2n) is 2.44. The van der Waals surface area contributed by atoms with Gasteiger partial charge < -0.3 is 9.84 Å². The van der Waals surface area contributed by atoms with Gasteiger partial charge in [-0.3, -0.25) is 0 Å². The molecule has 1 aromatic heterocycles. The van der Waals surface area contributed by atoms with E-state index in [9.17, 15) is 5.11 Å². The van der Waals surface area contributed by atoms with E-state index >= 15 is 0 Å². The summed E-state index contributed by atoms with van der Waals surface area (Å²) in [7, 11) is 1.51. The second-order valence-corrected chi connectivity index (χ2v) is 2.80.